The summed E-state index contributed by atoms with van der Waals surface area (Å²) in [6, 6.07) is 0.332. The molecule has 0 aromatic rings. The molecule has 16 heavy (non-hydrogen) atoms. The van der Waals surface area contributed by atoms with Gasteiger partial charge in [0.1, 0.15) is 0 Å². The molecule has 1 rings (SSSR count). The van der Waals surface area contributed by atoms with Crippen LogP contribution in [0.15, 0.2) is 0 Å². The number of hydrogen-bond acceptors (Lipinski definition) is 2. The van der Waals surface area contributed by atoms with E-state index in [0.717, 1.165) is 38.5 Å². The molecule has 3 N–H and O–H groups in total. The molecule has 0 aromatic carbocycles. The molecule has 1 unspecified atom stereocenters. The standard InChI is InChI=1S/C13H26N2O/c1-3-5-8-11(7-4-2)15-12(16)13(14)9-6-10-13/h11H,3-10,14H2,1-2H3,(H,15,16). The molecule has 1 saturated carbocycles. The van der Waals surface area contributed by atoms with Crippen LogP contribution >= 0.6 is 0 Å². The summed E-state index contributed by atoms with van der Waals surface area (Å²) in [5.41, 5.74) is 5.46. The highest BCUT2D eigenvalue weighted by atomic mass is 16.2. The van der Waals surface area contributed by atoms with Crippen LogP contribution in [0.5, 0.6) is 0 Å². The van der Waals surface area contributed by atoms with Crippen molar-refractivity contribution >= 4 is 5.91 Å². The van der Waals surface area contributed by atoms with Crippen LogP contribution in [0.3, 0.4) is 0 Å². The summed E-state index contributed by atoms with van der Waals surface area (Å²) < 4.78 is 0. The van der Waals surface area contributed by atoms with E-state index in [9.17, 15) is 4.79 Å². The molecule has 0 heterocycles. The van der Waals surface area contributed by atoms with Crippen molar-refractivity contribution in [1.29, 1.82) is 0 Å². The molecule has 0 spiro atoms. The maximum atomic E-state index is 12.0. The van der Waals surface area contributed by atoms with Crippen molar-refractivity contribution in [2.24, 2.45) is 5.73 Å². The number of carbonyl (C=O) groups excluding carboxylic acids is 1. The van der Waals surface area contributed by atoms with Crippen molar-refractivity contribution in [1.82, 2.24) is 5.32 Å². The Morgan fingerprint density at radius 3 is 2.44 bits per heavy atom. The van der Waals surface area contributed by atoms with Gasteiger partial charge in [-0.05, 0) is 32.1 Å². The summed E-state index contributed by atoms with van der Waals surface area (Å²) in [6.45, 7) is 4.34. The largest absolute Gasteiger partial charge is 0.352 e. The van der Waals surface area contributed by atoms with Gasteiger partial charge in [-0.25, -0.2) is 0 Å². The van der Waals surface area contributed by atoms with Crippen LogP contribution in [0.1, 0.15) is 65.2 Å². The first-order valence-electron chi connectivity index (χ1n) is 6.72. The molecule has 0 aliphatic heterocycles. The number of amides is 1. The Hall–Kier alpha value is -0.570. The van der Waals surface area contributed by atoms with Gasteiger partial charge in [0.15, 0.2) is 0 Å². The molecule has 1 fully saturated rings. The lowest BCUT2D eigenvalue weighted by Crippen LogP contribution is -2.60. The smallest absolute Gasteiger partial charge is 0.240 e. The molecular formula is C13H26N2O. The van der Waals surface area contributed by atoms with Gasteiger partial charge in [0.2, 0.25) is 5.91 Å². The van der Waals surface area contributed by atoms with E-state index in [1.165, 1.54) is 12.8 Å². The average Bonchev–Trinajstić information content (AvgIpc) is 2.22. The maximum absolute atomic E-state index is 12.0. The minimum atomic E-state index is -0.543. The first kappa shape index (κ1) is 13.5. The van der Waals surface area contributed by atoms with Gasteiger partial charge in [0.25, 0.3) is 0 Å². The van der Waals surface area contributed by atoms with Crippen molar-refractivity contribution in [2.75, 3.05) is 0 Å². The second kappa shape index (κ2) is 6.24. The van der Waals surface area contributed by atoms with E-state index in [1.54, 1.807) is 0 Å². The van der Waals surface area contributed by atoms with E-state index in [-0.39, 0.29) is 5.91 Å². The summed E-state index contributed by atoms with van der Waals surface area (Å²) in [7, 11) is 0. The van der Waals surface area contributed by atoms with Crippen LogP contribution in [0.2, 0.25) is 0 Å². The van der Waals surface area contributed by atoms with Crippen LogP contribution in [-0.2, 0) is 4.79 Å². The second-order valence-electron chi connectivity index (χ2n) is 5.11. The fourth-order valence-electron chi connectivity index (χ4n) is 2.20. The summed E-state index contributed by atoms with van der Waals surface area (Å²) in [6.07, 6.45) is 8.45. The Morgan fingerprint density at radius 2 is 2.00 bits per heavy atom. The van der Waals surface area contributed by atoms with Crippen molar-refractivity contribution in [3.05, 3.63) is 0 Å². The molecule has 0 aromatic heterocycles. The lowest BCUT2D eigenvalue weighted by atomic mass is 9.77. The molecule has 3 heteroatoms. The quantitative estimate of drug-likeness (QED) is 0.700. The van der Waals surface area contributed by atoms with Crippen LogP contribution in [0, 0.1) is 0 Å². The van der Waals surface area contributed by atoms with Crippen LogP contribution < -0.4 is 11.1 Å². The Balaban J connectivity index is 2.37. The summed E-state index contributed by atoms with van der Waals surface area (Å²) >= 11 is 0. The van der Waals surface area contributed by atoms with E-state index >= 15 is 0 Å². The number of nitrogens with two attached hydrogens (primary N) is 1. The molecule has 1 atom stereocenters. The predicted molar refractivity (Wildman–Crippen MR) is 67.1 cm³/mol. The van der Waals surface area contributed by atoms with Crippen molar-refractivity contribution in [3.8, 4) is 0 Å². The van der Waals surface area contributed by atoms with Crippen molar-refractivity contribution in [2.45, 2.75) is 76.8 Å². The average molecular weight is 226 g/mol. The van der Waals surface area contributed by atoms with E-state index in [4.69, 9.17) is 5.73 Å². The highest BCUT2D eigenvalue weighted by Gasteiger charge is 2.40. The molecule has 0 saturated heterocycles. The van der Waals surface area contributed by atoms with Crippen molar-refractivity contribution in [3.63, 3.8) is 0 Å². The van der Waals surface area contributed by atoms with E-state index in [0.29, 0.717) is 6.04 Å². The lowest BCUT2D eigenvalue weighted by Gasteiger charge is -2.37. The number of unbranched alkanes of at least 4 members (excludes halogenated alkanes) is 1. The van der Waals surface area contributed by atoms with E-state index in [1.807, 2.05) is 0 Å². The zero-order valence-corrected chi connectivity index (χ0v) is 10.7. The van der Waals surface area contributed by atoms with Gasteiger partial charge in [-0.3, -0.25) is 4.79 Å². The van der Waals surface area contributed by atoms with Crippen molar-refractivity contribution < 1.29 is 4.79 Å². The van der Waals surface area contributed by atoms with Crippen LogP contribution in [0.25, 0.3) is 0 Å². The first-order valence-corrected chi connectivity index (χ1v) is 6.72. The highest BCUT2D eigenvalue weighted by molar-refractivity contribution is 5.87. The Kier molecular flexibility index (Phi) is 5.26. The van der Waals surface area contributed by atoms with Crippen LogP contribution in [-0.4, -0.2) is 17.5 Å². The molecule has 1 amide bonds. The Morgan fingerprint density at radius 1 is 1.31 bits per heavy atom. The fourth-order valence-corrected chi connectivity index (χ4v) is 2.20. The normalized spacial score (nSPS) is 19.9. The number of rotatable bonds is 7. The second-order valence-corrected chi connectivity index (χ2v) is 5.11. The molecule has 1 aliphatic rings. The third-order valence-electron chi connectivity index (χ3n) is 3.58. The third-order valence-corrected chi connectivity index (χ3v) is 3.58. The Labute approximate surface area is 99.2 Å². The summed E-state index contributed by atoms with van der Waals surface area (Å²) in [5, 5.41) is 3.13. The van der Waals surface area contributed by atoms with Gasteiger partial charge in [-0.15, -0.1) is 0 Å². The molecule has 0 radical (unpaired) electrons. The number of carbonyl (C=O) groups is 1. The monoisotopic (exact) mass is 226 g/mol. The molecule has 1 aliphatic carbocycles. The van der Waals surface area contributed by atoms with Gasteiger partial charge in [0, 0.05) is 6.04 Å². The SMILES string of the molecule is CCCCC(CCC)NC(=O)C1(N)CCC1. The highest BCUT2D eigenvalue weighted by Crippen LogP contribution is 2.29. The predicted octanol–water partition coefficient (Wildman–Crippen LogP) is 2.34. The minimum Gasteiger partial charge on any atom is -0.352 e. The minimum absolute atomic E-state index is 0.0771. The first-order chi connectivity index (χ1) is 7.62. The topological polar surface area (TPSA) is 55.1 Å². The Bertz CT molecular complexity index is 224. The molecule has 3 nitrogen and oxygen atoms in total. The zero-order chi connectivity index (χ0) is 12.0. The van der Waals surface area contributed by atoms with Crippen LogP contribution in [0.4, 0.5) is 0 Å². The molecule has 0 bridgehead atoms. The fraction of sp³-hybridized carbons (Fsp3) is 0.923. The number of hydrogen-bond donors (Lipinski definition) is 2. The van der Waals surface area contributed by atoms with E-state index in [2.05, 4.69) is 19.2 Å². The number of nitrogens with one attached hydrogen (secondary N) is 1. The zero-order valence-electron chi connectivity index (χ0n) is 10.7. The lowest BCUT2D eigenvalue weighted by molar-refractivity contribution is -0.130. The molecule has 94 valence electrons. The maximum Gasteiger partial charge on any atom is 0.240 e. The van der Waals surface area contributed by atoms with E-state index < -0.39 is 5.54 Å². The van der Waals surface area contributed by atoms with Gasteiger partial charge in [0.05, 0.1) is 5.54 Å². The van der Waals surface area contributed by atoms with Gasteiger partial charge < -0.3 is 11.1 Å². The summed E-state index contributed by atoms with van der Waals surface area (Å²) in [4.78, 5) is 12.0. The summed E-state index contributed by atoms with van der Waals surface area (Å²) in [5.74, 6) is 0.0771. The molecular weight excluding hydrogens is 200 g/mol. The van der Waals surface area contributed by atoms with Gasteiger partial charge in [-0.2, -0.15) is 0 Å². The van der Waals surface area contributed by atoms with Gasteiger partial charge >= 0.3 is 0 Å². The third kappa shape index (κ3) is 3.48. The van der Waals surface area contributed by atoms with Gasteiger partial charge in [-0.1, -0.05) is 33.1 Å².